The van der Waals surface area contributed by atoms with Crippen molar-refractivity contribution in [2.24, 2.45) is 0 Å². The first-order valence-corrected chi connectivity index (χ1v) is 5.36. The second kappa shape index (κ2) is 4.93. The number of benzene rings is 1. The summed E-state index contributed by atoms with van der Waals surface area (Å²) in [4.78, 5) is 22.4. The fourth-order valence-electron chi connectivity index (χ4n) is 1.52. The van der Waals surface area contributed by atoms with Gasteiger partial charge < -0.3 is 14.8 Å². The molecule has 19 heavy (non-hydrogen) atoms. The van der Waals surface area contributed by atoms with Crippen molar-refractivity contribution in [3.63, 3.8) is 0 Å². The number of hydrogen-bond acceptors (Lipinski definition) is 3. The second-order valence-corrected chi connectivity index (χ2v) is 3.92. The van der Waals surface area contributed by atoms with E-state index in [1.165, 1.54) is 18.2 Å². The highest BCUT2D eigenvalue weighted by molar-refractivity contribution is 6.04. The topological polar surface area (TPSA) is 79.5 Å². The monoisotopic (exact) mass is 263 g/mol. The van der Waals surface area contributed by atoms with E-state index in [0.29, 0.717) is 11.3 Å². The number of aryl methyl sites for hydroxylation is 1. The third-order valence-corrected chi connectivity index (χ3v) is 2.51. The van der Waals surface area contributed by atoms with Gasteiger partial charge in [-0.05, 0) is 30.7 Å². The molecule has 1 heterocycles. The number of furan rings is 1. The number of carbonyl (C=O) groups is 2. The molecule has 0 unspecified atom stereocenters. The molecule has 1 aromatic carbocycles. The lowest BCUT2D eigenvalue weighted by atomic mass is 10.2. The predicted molar refractivity (Wildman–Crippen MR) is 64.8 cm³/mol. The number of carbonyl (C=O) groups excluding carboxylic acids is 1. The van der Waals surface area contributed by atoms with Crippen LogP contribution in [0.5, 0.6) is 0 Å². The summed E-state index contributed by atoms with van der Waals surface area (Å²) in [5.41, 5.74) is 0.874. The molecule has 2 aromatic rings. The summed E-state index contributed by atoms with van der Waals surface area (Å²) < 4.78 is 17.8. The van der Waals surface area contributed by atoms with Crippen LogP contribution in [-0.4, -0.2) is 17.0 Å². The van der Waals surface area contributed by atoms with Crippen LogP contribution in [0.25, 0.3) is 0 Å². The average molecular weight is 263 g/mol. The van der Waals surface area contributed by atoms with E-state index in [0.717, 1.165) is 12.3 Å². The fraction of sp³-hybridized carbons (Fsp3) is 0.0769. The van der Waals surface area contributed by atoms with Gasteiger partial charge in [0.15, 0.2) is 5.76 Å². The van der Waals surface area contributed by atoms with E-state index in [1.54, 1.807) is 6.92 Å². The number of carboxylic acids is 1. The number of rotatable bonds is 3. The average Bonchev–Trinajstić information content (AvgIpc) is 2.82. The molecule has 5 nitrogen and oxygen atoms in total. The lowest BCUT2D eigenvalue weighted by Gasteiger charge is -2.06. The van der Waals surface area contributed by atoms with E-state index in [2.05, 4.69) is 5.32 Å². The van der Waals surface area contributed by atoms with Gasteiger partial charge in [0, 0.05) is 11.8 Å². The molecule has 1 amide bonds. The lowest BCUT2D eigenvalue weighted by molar-refractivity contribution is 0.0696. The molecule has 98 valence electrons. The van der Waals surface area contributed by atoms with E-state index >= 15 is 0 Å². The van der Waals surface area contributed by atoms with Crippen LogP contribution in [0.15, 0.2) is 34.9 Å². The van der Waals surface area contributed by atoms with E-state index in [-0.39, 0.29) is 11.3 Å². The normalized spacial score (nSPS) is 10.2. The Morgan fingerprint density at radius 2 is 2.05 bits per heavy atom. The standard InChI is InChI=1S/C13H10FNO4/c1-7-4-9(14)2-3-10(7)15-12(16)11-5-8(6-19-11)13(17)18/h2-6H,1H3,(H,15,16)(H,17,18). The summed E-state index contributed by atoms with van der Waals surface area (Å²) >= 11 is 0. The summed E-state index contributed by atoms with van der Waals surface area (Å²) in [6, 6.07) is 5.04. The molecule has 2 rings (SSSR count). The number of anilines is 1. The Morgan fingerprint density at radius 1 is 1.32 bits per heavy atom. The summed E-state index contributed by atoms with van der Waals surface area (Å²) in [6.07, 6.45) is 0.981. The molecule has 6 heteroatoms. The lowest BCUT2D eigenvalue weighted by Crippen LogP contribution is -2.12. The van der Waals surface area contributed by atoms with Gasteiger partial charge in [-0.2, -0.15) is 0 Å². The van der Waals surface area contributed by atoms with Crippen molar-refractivity contribution >= 4 is 17.6 Å². The summed E-state index contributed by atoms with van der Waals surface area (Å²) in [6.45, 7) is 1.64. The molecular formula is C13H10FNO4. The molecule has 0 saturated carbocycles. The van der Waals surface area contributed by atoms with Crippen LogP contribution in [0.4, 0.5) is 10.1 Å². The molecule has 0 aliphatic carbocycles. The fourth-order valence-corrected chi connectivity index (χ4v) is 1.52. The maximum atomic E-state index is 12.9. The van der Waals surface area contributed by atoms with E-state index in [9.17, 15) is 14.0 Å². The maximum Gasteiger partial charge on any atom is 0.338 e. The van der Waals surface area contributed by atoms with Crippen LogP contribution >= 0.6 is 0 Å². The van der Waals surface area contributed by atoms with Crippen molar-refractivity contribution in [1.29, 1.82) is 0 Å². The third-order valence-electron chi connectivity index (χ3n) is 2.51. The van der Waals surface area contributed by atoms with Crippen molar-refractivity contribution < 1.29 is 23.5 Å². The van der Waals surface area contributed by atoms with Gasteiger partial charge in [0.25, 0.3) is 5.91 Å². The van der Waals surface area contributed by atoms with Gasteiger partial charge >= 0.3 is 5.97 Å². The highest BCUT2D eigenvalue weighted by Gasteiger charge is 2.15. The highest BCUT2D eigenvalue weighted by Crippen LogP contribution is 2.17. The number of halogens is 1. The molecule has 0 bridgehead atoms. The molecule has 0 saturated heterocycles. The second-order valence-electron chi connectivity index (χ2n) is 3.92. The first-order chi connectivity index (χ1) is 8.97. The van der Waals surface area contributed by atoms with Crippen molar-refractivity contribution in [3.8, 4) is 0 Å². The van der Waals surface area contributed by atoms with Crippen molar-refractivity contribution in [3.05, 3.63) is 53.2 Å². The van der Waals surface area contributed by atoms with Gasteiger partial charge in [-0.3, -0.25) is 4.79 Å². The first kappa shape index (κ1) is 12.8. The van der Waals surface area contributed by atoms with E-state index in [1.807, 2.05) is 0 Å². The number of aromatic carboxylic acids is 1. The molecular weight excluding hydrogens is 253 g/mol. The summed E-state index contributed by atoms with van der Waals surface area (Å²) in [5.74, 6) is -2.30. The van der Waals surface area contributed by atoms with Crippen LogP contribution in [-0.2, 0) is 0 Å². The molecule has 0 spiro atoms. The maximum absolute atomic E-state index is 12.9. The Balaban J connectivity index is 2.18. The smallest absolute Gasteiger partial charge is 0.338 e. The minimum atomic E-state index is -1.18. The zero-order valence-electron chi connectivity index (χ0n) is 9.94. The van der Waals surface area contributed by atoms with Gasteiger partial charge in [-0.15, -0.1) is 0 Å². The number of amides is 1. The van der Waals surface area contributed by atoms with Gasteiger partial charge in [0.2, 0.25) is 0 Å². The molecule has 1 aromatic heterocycles. The highest BCUT2D eigenvalue weighted by atomic mass is 19.1. The molecule has 0 radical (unpaired) electrons. The predicted octanol–water partition coefficient (Wildman–Crippen LogP) is 2.68. The molecule has 2 N–H and O–H groups in total. The van der Waals surface area contributed by atoms with Crippen LogP contribution in [0.1, 0.15) is 26.5 Å². The molecule has 0 atom stereocenters. The minimum Gasteiger partial charge on any atom is -0.478 e. The Hall–Kier alpha value is -2.63. The minimum absolute atomic E-state index is 0.110. The molecule has 0 aliphatic rings. The Kier molecular flexibility index (Phi) is 3.33. The Labute approximate surface area is 107 Å². The quantitative estimate of drug-likeness (QED) is 0.892. The summed E-state index contributed by atoms with van der Waals surface area (Å²) in [7, 11) is 0. The van der Waals surface area contributed by atoms with Crippen LogP contribution < -0.4 is 5.32 Å². The SMILES string of the molecule is Cc1cc(F)ccc1NC(=O)c1cc(C(=O)O)co1. The zero-order chi connectivity index (χ0) is 14.0. The van der Waals surface area contributed by atoms with Gasteiger partial charge in [0.1, 0.15) is 12.1 Å². The first-order valence-electron chi connectivity index (χ1n) is 5.36. The van der Waals surface area contributed by atoms with Gasteiger partial charge in [-0.25, -0.2) is 9.18 Å². The van der Waals surface area contributed by atoms with Gasteiger partial charge in [0.05, 0.1) is 5.56 Å². The Morgan fingerprint density at radius 3 is 2.63 bits per heavy atom. The van der Waals surface area contributed by atoms with Gasteiger partial charge in [-0.1, -0.05) is 0 Å². The largest absolute Gasteiger partial charge is 0.478 e. The third kappa shape index (κ3) is 2.79. The molecule has 0 fully saturated rings. The van der Waals surface area contributed by atoms with E-state index in [4.69, 9.17) is 9.52 Å². The van der Waals surface area contributed by atoms with Crippen LogP contribution in [0.2, 0.25) is 0 Å². The van der Waals surface area contributed by atoms with Crippen molar-refractivity contribution in [1.82, 2.24) is 0 Å². The number of carboxylic acid groups (broad SMARTS) is 1. The van der Waals surface area contributed by atoms with Crippen LogP contribution in [0.3, 0.4) is 0 Å². The van der Waals surface area contributed by atoms with Crippen molar-refractivity contribution in [2.75, 3.05) is 5.32 Å². The van der Waals surface area contributed by atoms with Crippen molar-refractivity contribution in [2.45, 2.75) is 6.92 Å². The van der Waals surface area contributed by atoms with E-state index < -0.39 is 17.7 Å². The Bertz CT molecular complexity index is 648. The number of nitrogens with one attached hydrogen (secondary N) is 1. The molecule has 0 aliphatic heterocycles. The number of hydrogen-bond donors (Lipinski definition) is 2. The van der Waals surface area contributed by atoms with Crippen LogP contribution in [0, 0.1) is 12.7 Å². The zero-order valence-corrected chi connectivity index (χ0v) is 9.94. The summed E-state index contributed by atoms with van der Waals surface area (Å²) in [5, 5.41) is 11.2.